The average molecular weight is 880 g/mol. The van der Waals surface area contributed by atoms with E-state index in [4.69, 9.17) is 0 Å². The van der Waals surface area contributed by atoms with Crippen molar-refractivity contribution in [2.45, 2.75) is 24.7 Å². The molecule has 2 aliphatic carbocycles. The molecule has 0 unspecified atom stereocenters. The molecular weight excluding hydrogens is 831 g/mol. The van der Waals surface area contributed by atoms with Crippen LogP contribution in [-0.2, 0) is 10.8 Å². The van der Waals surface area contributed by atoms with Gasteiger partial charge in [0.2, 0.25) is 0 Å². The molecule has 13 rings (SSSR count). The van der Waals surface area contributed by atoms with Crippen LogP contribution in [0.5, 0.6) is 0 Å². The highest BCUT2D eigenvalue weighted by atomic mass is 15.1. The Hall–Kier alpha value is -8.52. The van der Waals surface area contributed by atoms with E-state index >= 15 is 0 Å². The fraction of sp³-hybridized carbons (Fsp3) is 0.0588. The monoisotopic (exact) mass is 879 g/mol. The highest BCUT2D eigenvalue weighted by molar-refractivity contribution is 6.05. The number of fused-ring (bicyclic) bond motifs is 7. The maximum atomic E-state index is 2.56. The molecule has 0 aromatic heterocycles. The largest absolute Gasteiger partial charge is 0.309 e. The lowest BCUT2D eigenvalue weighted by molar-refractivity contribution is 0.660. The number of rotatable bonds is 8. The molecule has 0 bridgehead atoms. The van der Waals surface area contributed by atoms with Gasteiger partial charge in [0.05, 0.1) is 16.8 Å². The zero-order valence-electron chi connectivity index (χ0n) is 38.8. The maximum Gasteiger partial charge on any atom is 0.0714 e. The molecule has 0 fully saturated rings. The zero-order valence-corrected chi connectivity index (χ0v) is 38.8. The minimum Gasteiger partial charge on any atom is -0.309 e. The molecule has 0 aliphatic heterocycles. The predicted molar refractivity (Wildman–Crippen MR) is 290 cm³/mol. The van der Waals surface area contributed by atoms with E-state index < -0.39 is 5.41 Å². The minimum absolute atomic E-state index is 0.0828. The van der Waals surface area contributed by atoms with Crippen molar-refractivity contribution in [3.8, 4) is 55.6 Å². The predicted octanol–water partition coefficient (Wildman–Crippen LogP) is 18.0. The van der Waals surface area contributed by atoms with Gasteiger partial charge < -0.3 is 4.90 Å². The van der Waals surface area contributed by atoms with Crippen LogP contribution >= 0.6 is 0 Å². The molecule has 1 nitrogen and oxygen atoms in total. The third-order valence-corrected chi connectivity index (χ3v) is 15.1. The quantitative estimate of drug-likeness (QED) is 0.147. The van der Waals surface area contributed by atoms with Gasteiger partial charge in [-0.15, -0.1) is 0 Å². The van der Waals surface area contributed by atoms with Crippen molar-refractivity contribution in [1.29, 1.82) is 0 Å². The molecular formula is C68H49N. The molecule has 0 saturated carbocycles. The number of benzene rings is 11. The van der Waals surface area contributed by atoms with Crippen molar-refractivity contribution >= 4 is 27.8 Å². The maximum absolute atomic E-state index is 2.56. The van der Waals surface area contributed by atoms with Crippen molar-refractivity contribution in [2.75, 3.05) is 4.90 Å². The molecule has 11 aromatic carbocycles. The van der Waals surface area contributed by atoms with Gasteiger partial charge in [-0.3, -0.25) is 0 Å². The van der Waals surface area contributed by atoms with Crippen LogP contribution in [0.15, 0.2) is 261 Å². The van der Waals surface area contributed by atoms with E-state index in [2.05, 4.69) is 280 Å². The molecule has 0 N–H and O–H groups in total. The van der Waals surface area contributed by atoms with E-state index in [-0.39, 0.29) is 5.41 Å². The second-order valence-electron chi connectivity index (χ2n) is 19.1. The van der Waals surface area contributed by atoms with Gasteiger partial charge in [0.25, 0.3) is 0 Å². The number of anilines is 3. The first-order valence-corrected chi connectivity index (χ1v) is 24.2. The minimum atomic E-state index is -0.553. The van der Waals surface area contributed by atoms with Gasteiger partial charge in [-0.1, -0.05) is 244 Å². The van der Waals surface area contributed by atoms with Crippen LogP contribution in [0.2, 0.25) is 0 Å². The summed E-state index contributed by atoms with van der Waals surface area (Å²) in [5.41, 5.74) is 22.8. The average Bonchev–Trinajstić information content (AvgIpc) is 3.85. The van der Waals surface area contributed by atoms with Gasteiger partial charge in [-0.2, -0.15) is 0 Å². The Kier molecular flexibility index (Phi) is 9.49. The number of hydrogen-bond acceptors (Lipinski definition) is 1. The molecule has 0 saturated heterocycles. The fourth-order valence-electron chi connectivity index (χ4n) is 12.1. The summed E-state index contributed by atoms with van der Waals surface area (Å²) in [6.45, 7) is 4.72. The van der Waals surface area contributed by atoms with Crippen LogP contribution in [0.1, 0.15) is 47.2 Å². The summed E-state index contributed by atoms with van der Waals surface area (Å²) >= 11 is 0. The topological polar surface area (TPSA) is 3.24 Å². The zero-order chi connectivity index (χ0) is 46.1. The van der Waals surface area contributed by atoms with E-state index in [1.54, 1.807) is 0 Å². The van der Waals surface area contributed by atoms with Gasteiger partial charge in [-0.05, 0) is 119 Å². The summed E-state index contributed by atoms with van der Waals surface area (Å²) < 4.78 is 0. The summed E-state index contributed by atoms with van der Waals surface area (Å²) in [6, 6.07) is 97.0. The molecule has 2 aliphatic rings. The Morgan fingerprint density at radius 2 is 0.826 bits per heavy atom. The number of hydrogen-bond donors (Lipinski definition) is 0. The molecule has 1 heteroatoms. The van der Waals surface area contributed by atoms with Gasteiger partial charge in [0.15, 0.2) is 0 Å². The van der Waals surface area contributed by atoms with E-state index in [9.17, 15) is 0 Å². The Balaban J connectivity index is 1.12. The van der Waals surface area contributed by atoms with E-state index in [0.717, 1.165) is 22.6 Å². The van der Waals surface area contributed by atoms with E-state index in [1.807, 2.05) is 0 Å². The van der Waals surface area contributed by atoms with Crippen LogP contribution < -0.4 is 4.90 Å². The molecule has 0 atom stereocenters. The molecule has 0 radical (unpaired) electrons. The highest BCUT2D eigenvalue weighted by Gasteiger charge is 2.47. The van der Waals surface area contributed by atoms with Crippen molar-refractivity contribution < 1.29 is 0 Å². The van der Waals surface area contributed by atoms with Crippen LogP contribution in [0, 0.1) is 0 Å². The third-order valence-electron chi connectivity index (χ3n) is 15.1. The smallest absolute Gasteiger partial charge is 0.0714 e. The van der Waals surface area contributed by atoms with Crippen LogP contribution in [0.3, 0.4) is 0 Å². The SMILES string of the molecule is CC1(C)c2ccccc2-c2cc(-c3cccc(N(c4ccc5c(-c6ccccc6)cccc5c4)c4cccc5c4-c4ccccc4C5(c4ccccc4)c4ccccc4)c3-c3ccccc3)ccc21. The Morgan fingerprint density at radius 1 is 0.304 bits per heavy atom. The summed E-state index contributed by atoms with van der Waals surface area (Å²) in [5.74, 6) is 0. The van der Waals surface area contributed by atoms with E-state index in [1.165, 1.54) is 94.2 Å². The Morgan fingerprint density at radius 3 is 1.54 bits per heavy atom. The van der Waals surface area contributed by atoms with Crippen molar-refractivity contribution in [3.63, 3.8) is 0 Å². The highest BCUT2D eigenvalue weighted by Crippen LogP contribution is 2.60. The first kappa shape index (κ1) is 40.7. The lowest BCUT2D eigenvalue weighted by atomic mass is 9.68. The van der Waals surface area contributed by atoms with Gasteiger partial charge in [0.1, 0.15) is 0 Å². The van der Waals surface area contributed by atoms with Gasteiger partial charge in [-0.25, -0.2) is 0 Å². The van der Waals surface area contributed by atoms with Crippen molar-refractivity contribution in [3.05, 3.63) is 294 Å². The summed E-state index contributed by atoms with van der Waals surface area (Å²) in [4.78, 5) is 2.56. The third kappa shape index (κ3) is 6.24. The first-order chi connectivity index (χ1) is 34.0. The van der Waals surface area contributed by atoms with Crippen molar-refractivity contribution in [1.82, 2.24) is 0 Å². The molecule has 11 aromatic rings. The Bertz CT molecular complexity index is 3700. The summed E-state index contributed by atoms with van der Waals surface area (Å²) in [5, 5.41) is 2.41. The Labute approximate surface area is 405 Å². The molecule has 0 spiro atoms. The first-order valence-electron chi connectivity index (χ1n) is 24.2. The lowest BCUT2D eigenvalue weighted by Crippen LogP contribution is -2.28. The van der Waals surface area contributed by atoms with Crippen LogP contribution in [-0.4, -0.2) is 0 Å². The molecule has 326 valence electrons. The molecule has 0 amide bonds. The summed E-state index contributed by atoms with van der Waals surface area (Å²) in [6.07, 6.45) is 0. The summed E-state index contributed by atoms with van der Waals surface area (Å²) in [7, 11) is 0. The normalized spacial score (nSPS) is 13.6. The second kappa shape index (κ2) is 16.1. The second-order valence-corrected chi connectivity index (χ2v) is 19.1. The molecule has 0 heterocycles. The van der Waals surface area contributed by atoms with Crippen LogP contribution in [0.4, 0.5) is 17.1 Å². The van der Waals surface area contributed by atoms with E-state index in [0.29, 0.717) is 0 Å². The van der Waals surface area contributed by atoms with Gasteiger partial charge >= 0.3 is 0 Å². The van der Waals surface area contributed by atoms with Gasteiger partial charge in [0, 0.05) is 22.2 Å². The van der Waals surface area contributed by atoms with Crippen LogP contribution in [0.25, 0.3) is 66.4 Å². The lowest BCUT2D eigenvalue weighted by Gasteiger charge is -2.35. The standard InChI is InChI=1S/C68H49N/c1-67(2)59-35-17-15-31-56(59)58-45-49(40-43-60(58)67)55-34-20-38-63(65(55)47-24-9-4-10-25-47)69(52-41-42-54-48(44-52)26-19-33-53(54)46-22-7-3-8-23-46)64-39-21-37-62-66(64)57-32-16-18-36-61(57)68(62,50-27-11-5-12-28-50)51-29-13-6-14-30-51/h3-45H,1-2H3. The molecule has 69 heavy (non-hydrogen) atoms. The fourth-order valence-corrected chi connectivity index (χ4v) is 12.1. The number of nitrogens with zero attached hydrogens (tertiary/aromatic N) is 1. The van der Waals surface area contributed by atoms with Crippen molar-refractivity contribution in [2.24, 2.45) is 0 Å².